The van der Waals surface area contributed by atoms with Gasteiger partial charge in [0.2, 0.25) is 0 Å². The normalized spacial score (nSPS) is 10.7. The van der Waals surface area contributed by atoms with Crippen LogP contribution in [0.4, 0.5) is 5.69 Å². The third-order valence-corrected chi connectivity index (χ3v) is 5.01. The van der Waals surface area contributed by atoms with Gasteiger partial charge in [0.25, 0.3) is 5.91 Å². The maximum atomic E-state index is 12.1. The average Bonchev–Trinajstić information content (AvgIpc) is 3.15. The molecule has 0 aliphatic rings. The second kappa shape index (κ2) is 9.80. The van der Waals surface area contributed by atoms with Gasteiger partial charge in [-0.25, -0.2) is 4.98 Å². The van der Waals surface area contributed by atoms with E-state index < -0.39 is 0 Å². The SMILES string of the molecule is Cc1cccc(OCC(=O)NC(=S)Nc2ccc(Cc3nc4cc(Cl)ccc4o3)cc2)c1. The van der Waals surface area contributed by atoms with Crippen molar-refractivity contribution in [2.24, 2.45) is 0 Å². The number of thiocarbonyl (C=S) groups is 1. The van der Waals surface area contributed by atoms with Crippen molar-refractivity contribution in [1.82, 2.24) is 10.3 Å². The lowest BCUT2D eigenvalue weighted by Crippen LogP contribution is -2.37. The van der Waals surface area contributed by atoms with Crippen LogP contribution in [0.1, 0.15) is 17.0 Å². The second-order valence-electron chi connectivity index (χ2n) is 7.20. The van der Waals surface area contributed by atoms with Crippen molar-refractivity contribution in [2.75, 3.05) is 11.9 Å². The van der Waals surface area contributed by atoms with Crippen LogP contribution >= 0.6 is 23.8 Å². The molecule has 1 aromatic heterocycles. The number of hydrogen-bond donors (Lipinski definition) is 2. The number of hydrogen-bond acceptors (Lipinski definition) is 5. The summed E-state index contributed by atoms with van der Waals surface area (Å²) in [4.78, 5) is 16.5. The molecule has 162 valence electrons. The van der Waals surface area contributed by atoms with Gasteiger partial charge >= 0.3 is 0 Å². The predicted molar refractivity (Wildman–Crippen MR) is 129 cm³/mol. The molecule has 0 bridgehead atoms. The molecule has 1 heterocycles. The van der Waals surface area contributed by atoms with Crippen LogP contribution in [0, 0.1) is 6.92 Å². The number of oxazole rings is 1. The molecule has 0 atom stereocenters. The number of aromatic nitrogens is 1. The Kier molecular flexibility index (Phi) is 6.68. The highest BCUT2D eigenvalue weighted by molar-refractivity contribution is 7.80. The molecule has 6 nitrogen and oxygen atoms in total. The fourth-order valence-corrected chi connectivity index (χ4v) is 3.48. The third kappa shape index (κ3) is 5.84. The summed E-state index contributed by atoms with van der Waals surface area (Å²) in [6.07, 6.45) is 0.546. The van der Waals surface area contributed by atoms with Gasteiger partial charge in [0, 0.05) is 17.1 Å². The Bertz CT molecular complexity index is 1270. The van der Waals surface area contributed by atoms with Gasteiger partial charge < -0.3 is 14.5 Å². The molecule has 0 aliphatic heterocycles. The first-order valence-electron chi connectivity index (χ1n) is 9.89. The quantitative estimate of drug-likeness (QED) is 0.378. The van der Waals surface area contributed by atoms with Crippen molar-refractivity contribution in [3.05, 3.63) is 88.8 Å². The van der Waals surface area contributed by atoms with Crippen LogP contribution in [-0.2, 0) is 11.2 Å². The van der Waals surface area contributed by atoms with E-state index in [1.54, 1.807) is 18.2 Å². The summed E-state index contributed by atoms with van der Waals surface area (Å²) in [5, 5.41) is 6.42. The Labute approximate surface area is 195 Å². The van der Waals surface area contributed by atoms with Crippen molar-refractivity contribution >= 4 is 51.6 Å². The monoisotopic (exact) mass is 465 g/mol. The lowest BCUT2D eigenvalue weighted by molar-refractivity contribution is -0.121. The fraction of sp³-hybridized carbons (Fsp3) is 0.125. The van der Waals surface area contributed by atoms with Gasteiger partial charge in [-0.2, -0.15) is 0 Å². The molecule has 4 aromatic rings. The summed E-state index contributed by atoms with van der Waals surface area (Å²) in [5.41, 5.74) is 4.27. The number of amides is 1. The summed E-state index contributed by atoms with van der Waals surface area (Å²) < 4.78 is 11.2. The van der Waals surface area contributed by atoms with Crippen LogP contribution in [0.5, 0.6) is 5.75 Å². The van der Waals surface area contributed by atoms with Gasteiger partial charge in [-0.3, -0.25) is 10.1 Å². The molecule has 2 N–H and O–H groups in total. The summed E-state index contributed by atoms with van der Waals surface area (Å²) in [7, 11) is 0. The van der Waals surface area contributed by atoms with E-state index in [1.807, 2.05) is 55.5 Å². The standard InChI is InChI=1S/C24H20ClN3O3S/c1-15-3-2-4-19(11-15)30-14-22(29)28-24(32)26-18-8-5-16(6-9-18)12-23-27-20-13-17(25)7-10-21(20)31-23/h2-11,13H,12,14H2,1H3,(H2,26,28,29,32). The Morgan fingerprint density at radius 2 is 1.94 bits per heavy atom. The lowest BCUT2D eigenvalue weighted by atomic mass is 10.1. The minimum absolute atomic E-state index is 0.125. The number of carbonyl (C=O) groups is 1. The molecule has 0 fully saturated rings. The van der Waals surface area contributed by atoms with E-state index in [2.05, 4.69) is 15.6 Å². The number of rotatable bonds is 6. The largest absolute Gasteiger partial charge is 0.484 e. The molecule has 0 spiro atoms. The van der Waals surface area contributed by atoms with Gasteiger partial charge in [-0.1, -0.05) is 35.9 Å². The van der Waals surface area contributed by atoms with Crippen LogP contribution in [0.3, 0.4) is 0 Å². The second-order valence-corrected chi connectivity index (χ2v) is 8.05. The molecule has 32 heavy (non-hydrogen) atoms. The van der Waals surface area contributed by atoms with Crippen LogP contribution in [-0.4, -0.2) is 22.6 Å². The Balaban J connectivity index is 1.27. The molecule has 4 rings (SSSR count). The number of halogens is 1. The molecule has 0 aliphatic carbocycles. The summed E-state index contributed by atoms with van der Waals surface area (Å²) in [6.45, 7) is 1.83. The predicted octanol–water partition coefficient (Wildman–Crippen LogP) is 5.27. The minimum Gasteiger partial charge on any atom is -0.484 e. The van der Waals surface area contributed by atoms with E-state index in [-0.39, 0.29) is 17.6 Å². The molecule has 0 saturated carbocycles. The summed E-state index contributed by atoms with van der Waals surface area (Å²) in [6, 6.07) is 20.5. The molecule has 0 radical (unpaired) electrons. The van der Waals surface area contributed by atoms with E-state index in [0.29, 0.717) is 28.7 Å². The Morgan fingerprint density at radius 3 is 2.72 bits per heavy atom. The first kappa shape index (κ1) is 21.8. The van der Waals surface area contributed by atoms with Crippen LogP contribution in [0.25, 0.3) is 11.1 Å². The number of ether oxygens (including phenoxy) is 1. The van der Waals surface area contributed by atoms with E-state index in [0.717, 1.165) is 22.3 Å². The van der Waals surface area contributed by atoms with Gasteiger partial charge in [-0.15, -0.1) is 0 Å². The lowest BCUT2D eigenvalue weighted by Gasteiger charge is -2.11. The zero-order valence-corrected chi connectivity index (χ0v) is 18.8. The Morgan fingerprint density at radius 1 is 1.12 bits per heavy atom. The highest BCUT2D eigenvalue weighted by Gasteiger charge is 2.09. The first-order valence-corrected chi connectivity index (χ1v) is 10.7. The summed E-state index contributed by atoms with van der Waals surface area (Å²) in [5.74, 6) is 0.910. The molecule has 3 aromatic carbocycles. The van der Waals surface area contributed by atoms with Gasteiger partial charge in [0.05, 0.1) is 0 Å². The third-order valence-electron chi connectivity index (χ3n) is 4.57. The molecular formula is C24H20ClN3O3S. The number of nitrogens with zero attached hydrogens (tertiary/aromatic N) is 1. The molecular weight excluding hydrogens is 446 g/mol. The maximum absolute atomic E-state index is 12.1. The van der Waals surface area contributed by atoms with Crippen molar-refractivity contribution in [3.8, 4) is 5.75 Å². The number of anilines is 1. The maximum Gasteiger partial charge on any atom is 0.264 e. The van der Waals surface area contributed by atoms with Crippen molar-refractivity contribution in [1.29, 1.82) is 0 Å². The number of nitrogens with one attached hydrogen (secondary N) is 2. The van der Waals surface area contributed by atoms with Gasteiger partial charge in [0.15, 0.2) is 23.2 Å². The van der Waals surface area contributed by atoms with E-state index >= 15 is 0 Å². The van der Waals surface area contributed by atoms with Crippen LogP contribution in [0.15, 0.2) is 71.1 Å². The van der Waals surface area contributed by atoms with E-state index in [1.165, 1.54) is 0 Å². The molecule has 8 heteroatoms. The number of carbonyl (C=O) groups excluding carboxylic acids is 1. The fourth-order valence-electron chi connectivity index (χ4n) is 3.08. The highest BCUT2D eigenvalue weighted by Crippen LogP contribution is 2.22. The smallest absolute Gasteiger partial charge is 0.264 e. The van der Waals surface area contributed by atoms with Crippen molar-refractivity contribution in [3.63, 3.8) is 0 Å². The van der Waals surface area contributed by atoms with Crippen LogP contribution in [0.2, 0.25) is 5.02 Å². The van der Waals surface area contributed by atoms with Crippen molar-refractivity contribution < 1.29 is 13.9 Å². The summed E-state index contributed by atoms with van der Waals surface area (Å²) >= 11 is 11.2. The van der Waals surface area contributed by atoms with Crippen LogP contribution < -0.4 is 15.4 Å². The zero-order valence-electron chi connectivity index (χ0n) is 17.2. The zero-order chi connectivity index (χ0) is 22.5. The van der Waals surface area contributed by atoms with Gasteiger partial charge in [0.1, 0.15) is 11.3 Å². The first-order chi connectivity index (χ1) is 15.4. The van der Waals surface area contributed by atoms with Gasteiger partial charge in [-0.05, 0) is 72.7 Å². The van der Waals surface area contributed by atoms with Crippen molar-refractivity contribution in [2.45, 2.75) is 13.3 Å². The minimum atomic E-state index is -0.336. The molecule has 0 unspecified atom stereocenters. The highest BCUT2D eigenvalue weighted by atomic mass is 35.5. The number of fused-ring (bicyclic) bond motifs is 1. The Hall–Kier alpha value is -3.42. The number of aryl methyl sites for hydroxylation is 1. The molecule has 1 amide bonds. The van der Waals surface area contributed by atoms with E-state index in [4.69, 9.17) is 33.0 Å². The van der Waals surface area contributed by atoms with E-state index in [9.17, 15) is 4.79 Å². The topological polar surface area (TPSA) is 76.4 Å². The average molecular weight is 466 g/mol. The number of benzene rings is 3. The molecule has 0 saturated heterocycles.